The van der Waals surface area contributed by atoms with Gasteiger partial charge >= 0.3 is 6.09 Å². The maximum Gasteiger partial charge on any atom is 0.407 e. The van der Waals surface area contributed by atoms with Gasteiger partial charge in [-0.15, -0.1) is 0 Å². The van der Waals surface area contributed by atoms with E-state index in [-0.39, 0.29) is 18.2 Å². The van der Waals surface area contributed by atoms with Crippen molar-refractivity contribution in [2.24, 2.45) is 0 Å². The van der Waals surface area contributed by atoms with Crippen LogP contribution in [0.5, 0.6) is 0 Å². The first-order chi connectivity index (χ1) is 7.09. The zero-order valence-electron chi connectivity index (χ0n) is 9.36. The quantitative estimate of drug-likeness (QED) is 0.827. The number of hydrogen-bond donors (Lipinski definition) is 1. The van der Waals surface area contributed by atoms with E-state index in [9.17, 15) is 4.79 Å². The van der Waals surface area contributed by atoms with Crippen LogP contribution >= 0.6 is 0 Å². The van der Waals surface area contributed by atoms with Crippen molar-refractivity contribution >= 4 is 6.09 Å². The molecule has 1 N–H and O–H groups in total. The van der Waals surface area contributed by atoms with Crippen molar-refractivity contribution in [3.8, 4) is 0 Å². The summed E-state index contributed by atoms with van der Waals surface area (Å²) in [5.74, 6) is 0. The van der Waals surface area contributed by atoms with Crippen LogP contribution in [-0.4, -0.2) is 12.1 Å². The molecule has 3 nitrogen and oxygen atoms in total. The Bertz CT molecular complexity index is 309. The van der Waals surface area contributed by atoms with E-state index in [2.05, 4.69) is 5.32 Å². The predicted octanol–water partition coefficient (Wildman–Crippen LogP) is 2.88. The summed E-state index contributed by atoms with van der Waals surface area (Å²) in [5, 5.41) is 2.68. The van der Waals surface area contributed by atoms with Crippen LogP contribution in [0.3, 0.4) is 0 Å². The summed E-state index contributed by atoms with van der Waals surface area (Å²) in [5.41, 5.74) is 0.997. The van der Waals surface area contributed by atoms with E-state index in [4.69, 9.17) is 4.74 Å². The minimum absolute atomic E-state index is 0.0977. The summed E-state index contributed by atoms with van der Waals surface area (Å²) in [6.07, 6.45) is -0.591. The maximum atomic E-state index is 11.3. The van der Waals surface area contributed by atoms with Crippen molar-refractivity contribution in [1.29, 1.82) is 0 Å². The molecule has 1 aromatic rings. The zero-order valence-corrected chi connectivity index (χ0v) is 9.36. The van der Waals surface area contributed by atoms with Crippen LogP contribution in [0.2, 0.25) is 0 Å². The van der Waals surface area contributed by atoms with Gasteiger partial charge in [-0.05, 0) is 26.3 Å². The second kappa shape index (κ2) is 5.39. The van der Waals surface area contributed by atoms with Gasteiger partial charge in [-0.25, -0.2) is 4.79 Å². The molecule has 15 heavy (non-hydrogen) atoms. The highest BCUT2D eigenvalue weighted by Crippen LogP contribution is 2.15. The van der Waals surface area contributed by atoms with E-state index in [0.717, 1.165) is 5.56 Å². The monoisotopic (exact) mass is 207 g/mol. The molecule has 0 radical (unpaired) electrons. The van der Waals surface area contributed by atoms with E-state index < -0.39 is 0 Å². The minimum atomic E-state index is -0.374. The van der Waals surface area contributed by atoms with E-state index in [1.54, 1.807) is 0 Å². The highest BCUT2D eigenvalue weighted by molar-refractivity contribution is 5.67. The van der Waals surface area contributed by atoms with Crippen molar-refractivity contribution in [3.05, 3.63) is 35.9 Å². The second-order valence-corrected chi connectivity index (χ2v) is 3.76. The van der Waals surface area contributed by atoms with E-state index in [1.165, 1.54) is 0 Å². The lowest BCUT2D eigenvalue weighted by Crippen LogP contribution is -2.31. The lowest BCUT2D eigenvalue weighted by Gasteiger charge is -2.15. The first kappa shape index (κ1) is 11.6. The number of hydrogen-bond acceptors (Lipinski definition) is 2. The Morgan fingerprint density at radius 2 is 1.80 bits per heavy atom. The standard InChI is InChI=1S/C12H17NO2/c1-9(2)13-12(14)15-10(3)11-7-5-4-6-8-11/h4-10H,1-3H3,(H,13,14). The predicted molar refractivity (Wildman–Crippen MR) is 59.6 cm³/mol. The molecule has 0 heterocycles. The first-order valence-electron chi connectivity index (χ1n) is 5.11. The van der Waals surface area contributed by atoms with Gasteiger partial charge < -0.3 is 10.1 Å². The Kier molecular flexibility index (Phi) is 4.16. The smallest absolute Gasteiger partial charge is 0.407 e. The summed E-state index contributed by atoms with van der Waals surface area (Å²) in [6.45, 7) is 5.65. The summed E-state index contributed by atoms with van der Waals surface area (Å²) in [4.78, 5) is 11.3. The molecule has 0 fully saturated rings. The fourth-order valence-corrected chi connectivity index (χ4v) is 1.22. The number of nitrogens with one attached hydrogen (secondary N) is 1. The Morgan fingerprint density at radius 1 is 1.20 bits per heavy atom. The molecule has 0 bridgehead atoms. The van der Waals surface area contributed by atoms with Crippen LogP contribution in [0.1, 0.15) is 32.4 Å². The maximum absolute atomic E-state index is 11.3. The number of carbonyl (C=O) groups is 1. The van der Waals surface area contributed by atoms with Crippen LogP contribution in [0.15, 0.2) is 30.3 Å². The van der Waals surface area contributed by atoms with E-state index in [1.807, 2.05) is 51.1 Å². The Hall–Kier alpha value is -1.51. The molecule has 0 aliphatic heterocycles. The second-order valence-electron chi connectivity index (χ2n) is 3.76. The minimum Gasteiger partial charge on any atom is -0.442 e. The molecule has 1 unspecified atom stereocenters. The molecule has 1 amide bonds. The molecule has 82 valence electrons. The first-order valence-corrected chi connectivity index (χ1v) is 5.11. The fourth-order valence-electron chi connectivity index (χ4n) is 1.22. The van der Waals surface area contributed by atoms with Gasteiger partial charge in [-0.1, -0.05) is 30.3 Å². The average Bonchev–Trinajstić information content (AvgIpc) is 2.17. The number of alkyl carbamates (subject to hydrolysis) is 1. The van der Waals surface area contributed by atoms with Crippen LogP contribution in [0.4, 0.5) is 4.79 Å². The molecular weight excluding hydrogens is 190 g/mol. The highest BCUT2D eigenvalue weighted by Gasteiger charge is 2.11. The van der Waals surface area contributed by atoms with Crippen LogP contribution in [0, 0.1) is 0 Å². The number of ether oxygens (including phenoxy) is 1. The van der Waals surface area contributed by atoms with Crippen molar-refractivity contribution in [2.75, 3.05) is 0 Å². The Morgan fingerprint density at radius 3 is 2.33 bits per heavy atom. The summed E-state index contributed by atoms with van der Waals surface area (Å²) in [7, 11) is 0. The zero-order chi connectivity index (χ0) is 11.3. The lowest BCUT2D eigenvalue weighted by atomic mass is 10.1. The van der Waals surface area contributed by atoms with Gasteiger partial charge in [0.25, 0.3) is 0 Å². The molecule has 0 aliphatic rings. The van der Waals surface area contributed by atoms with Gasteiger partial charge in [-0.2, -0.15) is 0 Å². The Labute approximate surface area is 90.4 Å². The van der Waals surface area contributed by atoms with E-state index >= 15 is 0 Å². The summed E-state index contributed by atoms with van der Waals surface area (Å²) >= 11 is 0. The average molecular weight is 207 g/mol. The van der Waals surface area contributed by atoms with Gasteiger partial charge in [0.05, 0.1) is 0 Å². The van der Waals surface area contributed by atoms with Crippen LogP contribution in [-0.2, 0) is 4.74 Å². The van der Waals surface area contributed by atoms with Gasteiger partial charge in [0.2, 0.25) is 0 Å². The topological polar surface area (TPSA) is 38.3 Å². The van der Waals surface area contributed by atoms with E-state index in [0.29, 0.717) is 0 Å². The van der Waals surface area contributed by atoms with Crippen molar-refractivity contribution in [1.82, 2.24) is 5.32 Å². The summed E-state index contributed by atoms with van der Waals surface area (Å²) < 4.78 is 5.20. The number of rotatable bonds is 3. The molecule has 1 rings (SSSR count). The Balaban J connectivity index is 2.49. The van der Waals surface area contributed by atoms with Crippen LogP contribution in [0.25, 0.3) is 0 Å². The normalized spacial score (nSPS) is 12.3. The SMILES string of the molecule is CC(C)NC(=O)OC(C)c1ccccc1. The van der Waals surface area contributed by atoms with Gasteiger partial charge in [0, 0.05) is 6.04 Å². The number of carbonyl (C=O) groups excluding carboxylic acids is 1. The van der Waals surface area contributed by atoms with Gasteiger partial charge in [0.15, 0.2) is 0 Å². The molecule has 0 saturated carbocycles. The third-order valence-electron chi connectivity index (χ3n) is 1.96. The van der Waals surface area contributed by atoms with Crippen molar-refractivity contribution in [3.63, 3.8) is 0 Å². The lowest BCUT2D eigenvalue weighted by molar-refractivity contribution is 0.105. The van der Waals surface area contributed by atoms with Crippen LogP contribution < -0.4 is 5.32 Å². The fraction of sp³-hybridized carbons (Fsp3) is 0.417. The van der Waals surface area contributed by atoms with Crippen molar-refractivity contribution in [2.45, 2.75) is 32.9 Å². The molecule has 1 aromatic carbocycles. The summed E-state index contributed by atoms with van der Waals surface area (Å²) in [6, 6.07) is 9.76. The number of amides is 1. The van der Waals surface area contributed by atoms with Crippen molar-refractivity contribution < 1.29 is 9.53 Å². The molecule has 0 aromatic heterocycles. The molecule has 0 aliphatic carbocycles. The van der Waals surface area contributed by atoms with Gasteiger partial charge in [0.1, 0.15) is 6.10 Å². The third-order valence-corrected chi connectivity index (χ3v) is 1.96. The molecule has 0 spiro atoms. The largest absolute Gasteiger partial charge is 0.442 e. The molecule has 1 atom stereocenters. The highest BCUT2D eigenvalue weighted by atomic mass is 16.6. The third kappa shape index (κ3) is 4.02. The number of benzene rings is 1. The van der Waals surface area contributed by atoms with Gasteiger partial charge in [-0.3, -0.25) is 0 Å². The molecular formula is C12H17NO2. The molecule has 0 saturated heterocycles. The molecule has 3 heteroatoms.